The number of nitrogens with one attached hydrogen (secondary N) is 1. The Labute approximate surface area is 204 Å². The van der Waals surface area contributed by atoms with Crippen molar-refractivity contribution in [1.82, 2.24) is 4.90 Å². The normalized spacial score (nSPS) is 25.5. The maximum Gasteiger partial charge on any atom is 0.338 e. The molecule has 4 rings (SSSR count). The Kier molecular flexibility index (Phi) is 7.23. The average Bonchev–Trinajstić information content (AvgIpc) is 3.51. The molecule has 9 heteroatoms. The Bertz CT molecular complexity index is 991. The molecule has 9 nitrogen and oxygen atoms in total. The van der Waals surface area contributed by atoms with E-state index < -0.39 is 30.5 Å². The average molecular weight is 485 g/mol. The van der Waals surface area contributed by atoms with E-state index in [2.05, 4.69) is 5.32 Å². The fraction of sp³-hybridized carbons (Fsp3) is 0.577. The van der Waals surface area contributed by atoms with Gasteiger partial charge in [0.15, 0.2) is 6.61 Å². The van der Waals surface area contributed by atoms with Gasteiger partial charge in [-0.05, 0) is 67.7 Å². The zero-order valence-corrected chi connectivity index (χ0v) is 20.3. The molecule has 3 amide bonds. The predicted molar refractivity (Wildman–Crippen MR) is 125 cm³/mol. The standard InChI is InChI=1S/C26H32N2O7/c1-4-11-34-25(32)15-7-9-18(10-8-15)27-19(29)13-35-26(33)22(14(2)3)28-23(30)20-16-5-6-17(12-16)21(20)24(28)31/h7-10,14,16-17,20-22H,4-6,11-13H2,1-3H3,(H,27,29)/t16-,17-,20-,21-,22-/m0/s1. The number of nitrogens with zero attached hydrogens (tertiary/aromatic N) is 1. The number of carbonyl (C=O) groups excluding carboxylic acids is 5. The van der Waals surface area contributed by atoms with Crippen molar-refractivity contribution < 1.29 is 33.4 Å². The molecule has 0 aromatic heterocycles. The Balaban J connectivity index is 1.34. The van der Waals surface area contributed by atoms with Gasteiger partial charge in [0.25, 0.3) is 5.91 Å². The van der Waals surface area contributed by atoms with Gasteiger partial charge in [0.1, 0.15) is 6.04 Å². The van der Waals surface area contributed by atoms with Crippen LogP contribution in [0.3, 0.4) is 0 Å². The number of rotatable bonds is 9. The summed E-state index contributed by atoms with van der Waals surface area (Å²) in [7, 11) is 0. The maximum absolute atomic E-state index is 13.1. The van der Waals surface area contributed by atoms with Crippen molar-refractivity contribution >= 4 is 35.3 Å². The lowest BCUT2D eigenvalue weighted by Crippen LogP contribution is -2.50. The zero-order chi connectivity index (χ0) is 25.3. The largest absolute Gasteiger partial charge is 0.462 e. The molecule has 1 aromatic rings. The molecule has 2 aliphatic carbocycles. The molecule has 3 fully saturated rings. The molecule has 3 aliphatic rings. The van der Waals surface area contributed by atoms with Crippen molar-refractivity contribution in [3.05, 3.63) is 29.8 Å². The molecule has 5 atom stereocenters. The summed E-state index contributed by atoms with van der Waals surface area (Å²) in [6.45, 7) is 5.18. The van der Waals surface area contributed by atoms with Gasteiger partial charge in [-0.25, -0.2) is 9.59 Å². The number of esters is 2. The van der Waals surface area contributed by atoms with Crippen molar-refractivity contribution in [2.75, 3.05) is 18.5 Å². The molecule has 1 saturated heterocycles. The molecule has 188 valence electrons. The van der Waals surface area contributed by atoms with Gasteiger partial charge < -0.3 is 14.8 Å². The third kappa shape index (κ3) is 4.81. The first-order valence-electron chi connectivity index (χ1n) is 12.3. The first kappa shape index (κ1) is 24.9. The molecule has 1 N–H and O–H groups in total. The van der Waals surface area contributed by atoms with E-state index in [-0.39, 0.29) is 41.4 Å². The lowest BCUT2D eigenvalue weighted by molar-refractivity contribution is -0.162. The number of fused-ring (bicyclic) bond motifs is 5. The van der Waals surface area contributed by atoms with Crippen LogP contribution in [0.25, 0.3) is 0 Å². The highest BCUT2D eigenvalue weighted by Gasteiger charge is 2.62. The number of carbonyl (C=O) groups is 5. The zero-order valence-electron chi connectivity index (χ0n) is 20.3. The van der Waals surface area contributed by atoms with Crippen LogP contribution in [0.15, 0.2) is 24.3 Å². The Hall–Kier alpha value is -3.23. The van der Waals surface area contributed by atoms with Gasteiger partial charge in [-0.2, -0.15) is 0 Å². The van der Waals surface area contributed by atoms with Crippen LogP contribution in [-0.4, -0.2) is 53.8 Å². The second kappa shape index (κ2) is 10.2. The third-order valence-corrected chi connectivity index (χ3v) is 7.30. The van der Waals surface area contributed by atoms with Crippen LogP contribution >= 0.6 is 0 Å². The molecule has 0 unspecified atom stereocenters. The van der Waals surface area contributed by atoms with Crippen LogP contribution in [0.1, 0.15) is 56.8 Å². The molecule has 1 aliphatic heterocycles. The minimum absolute atomic E-state index is 0.223. The Morgan fingerprint density at radius 1 is 1.00 bits per heavy atom. The lowest BCUT2D eigenvalue weighted by atomic mass is 9.81. The van der Waals surface area contributed by atoms with Crippen LogP contribution in [0.5, 0.6) is 0 Å². The second-order valence-corrected chi connectivity index (χ2v) is 9.99. The minimum atomic E-state index is -1.05. The van der Waals surface area contributed by atoms with Crippen molar-refractivity contribution in [2.24, 2.45) is 29.6 Å². The summed E-state index contributed by atoms with van der Waals surface area (Å²) in [5.74, 6) is -2.87. The van der Waals surface area contributed by atoms with E-state index in [0.29, 0.717) is 17.9 Å². The topological polar surface area (TPSA) is 119 Å². The summed E-state index contributed by atoms with van der Waals surface area (Å²) in [6.07, 6.45) is 3.55. The van der Waals surface area contributed by atoms with Crippen molar-refractivity contribution in [2.45, 2.75) is 52.5 Å². The van der Waals surface area contributed by atoms with Crippen molar-refractivity contribution in [3.8, 4) is 0 Å². The van der Waals surface area contributed by atoms with Crippen LogP contribution in [0.2, 0.25) is 0 Å². The SMILES string of the molecule is CCCOC(=O)c1ccc(NC(=O)COC(=O)[C@H](C(C)C)N2C(=O)[C@H]3[C@H]4CC[C@@H](C4)[C@@H]3C2=O)cc1. The van der Waals surface area contributed by atoms with Gasteiger partial charge in [-0.3, -0.25) is 19.3 Å². The summed E-state index contributed by atoms with van der Waals surface area (Å²) in [4.78, 5) is 64.5. The highest BCUT2D eigenvalue weighted by atomic mass is 16.5. The molecule has 1 heterocycles. The van der Waals surface area contributed by atoms with E-state index in [9.17, 15) is 24.0 Å². The van der Waals surface area contributed by atoms with Gasteiger partial charge in [-0.1, -0.05) is 20.8 Å². The molecule has 1 aromatic carbocycles. The predicted octanol–water partition coefficient (Wildman–Crippen LogP) is 2.79. The third-order valence-electron chi connectivity index (χ3n) is 7.30. The molecular formula is C26H32N2O7. The van der Waals surface area contributed by atoms with E-state index in [4.69, 9.17) is 9.47 Å². The van der Waals surface area contributed by atoms with E-state index in [1.807, 2.05) is 6.92 Å². The number of likely N-dealkylation sites (tertiary alicyclic amines) is 1. The number of anilines is 1. The highest BCUT2D eigenvalue weighted by molar-refractivity contribution is 6.08. The first-order chi connectivity index (χ1) is 16.7. The number of amides is 3. The molecule has 35 heavy (non-hydrogen) atoms. The van der Waals surface area contributed by atoms with E-state index in [1.165, 1.54) is 12.1 Å². The van der Waals surface area contributed by atoms with E-state index in [0.717, 1.165) is 30.6 Å². The van der Waals surface area contributed by atoms with Gasteiger partial charge in [0, 0.05) is 5.69 Å². The monoisotopic (exact) mass is 484 g/mol. The van der Waals surface area contributed by atoms with Crippen molar-refractivity contribution in [1.29, 1.82) is 0 Å². The molecular weight excluding hydrogens is 452 g/mol. The van der Waals surface area contributed by atoms with Gasteiger partial charge in [-0.15, -0.1) is 0 Å². The number of hydrogen-bond acceptors (Lipinski definition) is 7. The van der Waals surface area contributed by atoms with E-state index in [1.54, 1.807) is 26.0 Å². The van der Waals surface area contributed by atoms with E-state index >= 15 is 0 Å². The molecule has 2 bridgehead atoms. The summed E-state index contributed by atoms with van der Waals surface area (Å²) in [5.41, 5.74) is 0.785. The lowest BCUT2D eigenvalue weighted by Gasteiger charge is -2.28. The fourth-order valence-electron chi connectivity index (χ4n) is 5.77. The molecule has 2 saturated carbocycles. The number of imide groups is 1. The van der Waals surface area contributed by atoms with Crippen LogP contribution in [0, 0.1) is 29.6 Å². The summed E-state index contributed by atoms with van der Waals surface area (Å²) in [6, 6.07) is 5.11. The quantitative estimate of drug-likeness (QED) is 0.423. The molecule has 0 spiro atoms. The Morgan fingerprint density at radius 3 is 2.14 bits per heavy atom. The number of ether oxygens (including phenoxy) is 2. The summed E-state index contributed by atoms with van der Waals surface area (Å²) in [5, 5.41) is 2.60. The highest BCUT2D eigenvalue weighted by Crippen LogP contribution is 2.56. The van der Waals surface area contributed by atoms with Crippen LogP contribution in [-0.2, 0) is 28.7 Å². The minimum Gasteiger partial charge on any atom is -0.462 e. The molecule has 0 radical (unpaired) electrons. The van der Waals surface area contributed by atoms with Gasteiger partial charge >= 0.3 is 11.9 Å². The second-order valence-electron chi connectivity index (χ2n) is 9.99. The smallest absolute Gasteiger partial charge is 0.338 e. The van der Waals surface area contributed by atoms with Crippen molar-refractivity contribution in [3.63, 3.8) is 0 Å². The summed E-state index contributed by atoms with van der Waals surface area (Å²) >= 11 is 0. The van der Waals surface area contributed by atoms with Gasteiger partial charge in [0.2, 0.25) is 11.8 Å². The fourth-order valence-corrected chi connectivity index (χ4v) is 5.77. The summed E-state index contributed by atoms with van der Waals surface area (Å²) < 4.78 is 10.3. The van der Waals surface area contributed by atoms with Gasteiger partial charge in [0.05, 0.1) is 24.0 Å². The maximum atomic E-state index is 13.1. The van der Waals surface area contributed by atoms with Crippen LogP contribution in [0.4, 0.5) is 5.69 Å². The Morgan fingerprint density at radius 2 is 1.60 bits per heavy atom. The first-order valence-corrected chi connectivity index (χ1v) is 12.3. The van der Waals surface area contributed by atoms with Crippen LogP contribution < -0.4 is 5.32 Å². The number of hydrogen-bond donors (Lipinski definition) is 1. The number of benzene rings is 1.